The predicted octanol–water partition coefficient (Wildman–Crippen LogP) is 2.19. The number of hydrogen-bond donors (Lipinski definition) is 2. The molecule has 0 radical (unpaired) electrons. The van der Waals surface area contributed by atoms with Crippen molar-refractivity contribution in [3.8, 4) is 0 Å². The minimum atomic E-state index is -0.794. The lowest BCUT2D eigenvalue weighted by atomic mass is 9.91. The second-order valence-electron chi connectivity index (χ2n) is 4.27. The van der Waals surface area contributed by atoms with Crippen LogP contribution in [-0.2, 0) is 4.79 Å². The quantitative estimate of drug-likeness (QED) is 0.534. The molecule has 106 valence electrons. The summed E-state index contributed by atoms with van der Waals surface area (Å²) in [6.07, 6.45) is 7.07. The minimum absolute atomic E-state index is 0.589. The van der Waals surface area contributed by atoms with Crippen LogP contribution in [0.5, 0.6) is 0 Å². The van der Waals surface area contributed by atoms with E-state index >= 15 is 0 Å². The molecule has 1 heterocycles. The van der Waals surface area contributed by atoms with Crippen molar-refractivity contribution in [2.45, 2.75) is 43.7 Å². The number of carboxylic acids is 1. The summed E-state index contributed by atoms with van der Waals surface area (Å²) in [6.45, 7) is 4.51. The third-order valence-electron chi connectivity index (χ3n) is 3.07. The largest absolute Gasteiger partial charge is 0.480 e. The molecule has 1 aromatic heterocycles. The Balaban J connectivity index is 2.42. The van der Waals surface area contributed by atoms with Crippen LogP contribution in [0.3, 0.4) is 0 Å². The lowest BCUT2D eigenvalue weighted by molar-refractivity contribution is -0.145. The van der Waals surface area contributed by atoms with Crippen molar-refractivity contribution >= 4 is 17.7 Å². The highest BCUT2D eigenvalue weighted by Gasteiger charge is 2.34. The van der Waals surface area contributed by atoms with Crippen molar-refractivity contribution in [3.63, 3.8) is 0 Å². The van der Waals surface area contributed by atoms with E-state index in [0.717, 1.165) is 17.2 Å². The summed E-state index contributed by atoms with van der Waals surface area (Å²) < 4.78 is 0. The van der Waals surface area contributed by atoms with Crippen molar-refractivity contribution in [2.75, 3.05) is 12.3 Å². The summed E-state index contributed by atoms with van der Waals surface area (Å²) >= 11 is 1.61. The molecule has 0 saturated carbocycles. The van der Waals surface area contributed by atoms with Crippen LogP contribution in [0.15, 0.2) is 23.6 Å². The number of nitrogens with one attached hydrogen (secondary N) is 1. The molecular weight excluding hydrogens is 262 g/mol. The maximum atomic E-state index is 11.4. The number of likely N-dealkylation sites (N-methyl/N-ethyl adjacent to an activating group) is 1. The molecule has 0 aliphatic carbocycles. The zero-order valence-electron chi connectivity index (χ0n) is 11.4. The zero-order chi connectivity index (χ0) is 14.1. The number of thioether (sulfide) groups is 1. The van der Waals surface area contributed by atoms with Gasteiger partial charge in [0.05, 0.1) is 6.20 Å². The van der Waals surface area contributed by atoms with Crippen LogP contribution in [-0.4, -0.2) is 38.9 Å². The summed E-state index contributed by atoms with van der Waals surface area (Å²) in [5, 5.41) is 13.4. The molecule has 0 aromatic carbocycles. The van der Waals surface area contributed by atoms with E-state index in [0.29, 0.717) is 19.4 Å². The van der Waals surface area contributed by atoms with E-state index in [1.807, 2.05) is 13.8 Å². The third-order valence-corrected chi connectivity index (χ3v) is 4.06. The van der Waals surface area contributed by atoms with Crippen LogP contribution in [0.4, 0.5) is 0 Å². The number of hydrogen-bond acceptors (Lipinski definition) is 5. The topological polar surface area (TPSA) is 75.1 Å². The monoisotopic (exact) mass is 283 g/mol. The van der Waals surface area contributed by atoms with Crippen LogP contribution in [0.2, 0.25) is 0 Å². The second-order valence-corrected chi connectivity index (χ2v) is 5.38. The maximum Gasteiger partial charge on any atom is 0.323 e. The average Bonchev–Trinajstić information content (AvgIpc) is 2.43. The van der Waals surface area contributed by atoms with Crippen molar-refractivity contribution < 1.29 is 9.90 Å². The van der Waals surface area contributed by atoms with E-state index in [1.165, 1.54) is 0 Å². The molecule has 1 unspecified atom stereocenters. The third kappa shape index (κ3) is 4.80. The van der Waals surface area contributed by atoms with Crippen LogP contribution < -0.4 is 5.32 Å². The van der Waals surface area contributed by atoms with Crippen LogP contribution in [0.25, 0.3) is 0 Å². The fourth-order valence-corrected chi connectivity index (χ4v) is 2.74. The van der Waals surface area contributed by atoms with Crippen LogP contribution in [0, 0.1) is 0 Å². The van der Waals surface area contributed by atoms with Crippen LogP contribution >= 0.6 is 11.8 Å². The lowest BCUT2D eigenvalue weighted by Gasteiger charge is -2.29. The summed E-state index contributed by atoms with van der Waals surface area (Å²) in [5.74, 6) is 0.0837. The normalized spacial score (nSPS) is 14.0. The van der Waals surface area contributed by atoms with Crippen molar-refractivity contribution in [1.29, 1.82) is 0 Å². The minimum Gasteiger partial charge on any atom is -0.480 e. The van der Waals surface area contributed by atoms with Crippen LogP contribution in [0.1, 0.15) is 33.1 Å². The Labute approximate surface area is 118 Å². The predicted molar refractivity (Wildman–Crippen MR) is 76.3 cm³/mol. The highest BCUT2D eigenvalue weighted by molar-refractivity contribution is 7.99. The van der Waals surface area contributed by atoms with Gasteiger partial charge < -0.3 is 10.4 Å². The van der Waals surface area contributed by atoms with E-state index in [4.69, 9.17) is 0 Å². The molecule has 0 saturated heterocycles. The molecule has 0 spiro atoms. The smallest absolute Gasteiger partial charge is 0.323 e. The van der Waals surface area contributed by atoms with Gasteiger partial charge in [-0.05, 0) is 31.6 Å². The standard InChI is InChI=1S/C13H21N3O2S/c1-3-13(12(17)18,16-4-2)6-5-9-19-11-10-14-7-8-15-11/h7-8,10,16H,3-6,9H2,1-2H3,(H,17,18). The fourth-order valence-electron chi connectivity index (χ4n) is 1.97. The highest BCUT2D eigenvalue weighted by atomic mass is 32.2. The molecule has 0 bridgehead atoms. The molecule has 2 N–H and O–H groups in total. The molecular formula is C13H21N3O2S. The van der Waals surface area contributed by atoms with E-state index in [9.17, 15) is 9.90 Å². The summed E-state index contributed by atoms with van der Waals surface area (Å²) in [5.41, 5.74) is -0.794. The lowest BCUT2D eigenvalue weighted by Crippen LogP contribution is -2.51. The highest BCUT2D eigenvalue weighted by Crippen LogP contribution is 2.22. The number of aliphatic carboxylic acids is 1. The van der Waals surface area contributed by atoms with Crippen molar-refractivity contribution in [2.24, 2.45) is 0 Å². The molecule has 0 amide bonds. The van der Waals surface area contributed by atoms with Gasteiger partial charge in [0.2, 0.25) is 0 Å². The first-order valence-electron chi connectivity index (χ1n) is 6.52. The maximum absolute atomic E-state index is 11.4. The number of aromatic nitrogens is 2. The number of rotatable bonds is 9. The van der Waals surface area contributed by atoms with E-state index in [-0.39, 0.29) is 0 Å². The van der Waals surface area contributed by atoms with Gasteiger partial charge >= 0.3 is 5.97 Å². The molecule has 1 aromatic rings. The molecule has 5 nitrogen and oxygen atoms in total. The van der Waals surface area contributed by atoms with Gasteiger partial charge in [-0.25, -0.2) is 4.98 Å². The molecule has 0 aliphatic heterocycles. The first-order chi connectivity index (χ1) is 9.14. The first-order valence-corrected chi connectivity index (χ1v) is 7.50. The van der Waals surface area contributed by atoms with Gasteiger partial charge in [0.25, 0.3) is 0 Å². The second kappa shape index (κ2) is 8.12. The molecule has 6 heteroatoms. The van der Waals surface area contributed by atoms with Gasteiger partial charge in [0.15, 0.2) is 0 Å². The Morgan fingerprint density at radius 2 is 2.26 bits per heavy atom. The Hall–Kier alpha value is -1.14. The zero-order valence-corrected chi connectivity index (χ0v) is 12.2. The fraction of sp³-hybridized carbons (Fsp3) is 0.615. The summed E-state index contributed by atoms with van der Waals surface area (Å²) in [7, 11) is 0. The SMILES string of the molecule is CCNC(CC)(CCCSc1cnccn1)C(=O)O. The Morgan fingerprint density at radius 1 is 1.47 bits per heavy atom. The number of carbonyl (C=O) groups is 1. The summed E-state index contributed by atoms with van der Waals surface area (Å²) in [4.78, 5) is 19.6. The van der Waals surface area contributed by atoms with Gasteiger partial charge in [-0.3, -0.25) is 9.78 Å². The van der Waals surface area contributed by atoms with Gasteiger partial charge in [-0.1, -0.05) is 13.8 Å². The molecule has 1 rings (SSSR count). The van der Waals surface area contributed by atoms with Crippen molar-refractivity contribution in [1.82, 2.24) is 15.3 Å². The Kier molecular flexibility index (Phi) is 6.80. The first kappa shape index (κ1) is 15.9. The summed E-state index contributed by atoms with van der Waals surface area (Å²) in [6, 6.07) is 0. The molecule has 0 aliphatic rings. The number of nitrogens with zero attached hydrogens (tertiary/aromatic N) is 2. The van der Waals surface area contributed by atoms with E-state index < -0.39 is 11.5 Å². The number of carboxylic acid groups (broad SMARTS) is 1. The van der Waals surface area contributed by atoms with Gasteiger partial charge in [0.1, 0.15) is 10.6 Å². The molecule has 1 atom stereocenters. The molecule has 19 heavy (non-hydrogen) atoms. The van der Waals surface area contributed by atoms with Gasteiger partial charge in [-0.2, -0.15) is 0 Å². The van der Waals surface area contributed by atoms with E-state index in [2.05, 4.69) is 15.3 Å². The Bertz CT molecular complexity index is 389. The van der Waals surface area contributed by atoms with E-state index in [1.54, 1.807) is 30.4 Å². The molecule has 0 fully saturated rings. The van der Waals surface area contributed by atoms with Crippen molar-refractivity contribution in [3.05, 3.63) is 18.6 Å². The van der Waals surface area contributed by atoms with Gasteiger partial charge in [-0.15, -0.1) is 11.8 Å². The average molecular weight is 283 g/mol. The Morgan fingerprint density at radius 3 is 2.79 bits per heavy atom. The van der Waals surface area contributed by atoms with Gasteiger partial charge in [0, 0.05) is 12.4 Å².